The van der Waals surface area contributed by atoms with Crippen LogP contribution in [0.5, 0.6) is 0 Å². The van der Waals surface area contributed by atoms with E-state index in [9.17, 15) is 18.3 Å². The highest BCUT2D eigenvalue weighted by molar-refractivity contribution is 5.16. The van der Waals surface area contributed by atoms with Crippen LogP contribution in [0.3, 0.4) is 0 Å². The minimum absolute atomic E-state index is 0.283. The van der Waals surface area contributed by atoms with Gasteiger partial charge in [-0.3, -0.25) is 9.88 Å². The van der Waals surface area contributed by atoms with E-state index in [4.69, 9.17) is 4.74 Å². The Labute approximate surface area is 145 Å². The van der Waals surface area contributed by atoms with Gasteiger partial charge in [-0.2, -0.15) is 13.2 Å². The van der Waals surface area contributed by atoms with Crippen LogP contribution >= 0.6 is 0 Å². The molecule has 3 heterocycles. The van der Waals surface area contributed by atoms with E-state index in [1.807, 2.05) is 4.90 Å². The summed E-state index contributed by atoms with van der Waals surface area (Å²) in [5.41, 5.74) is -1.15. The highest BCUT2D eigenvalue weighted by atomic mass is 19.4. The minimum atomic E-state index is -4.43. The standard InChI is InChI=1S/C17H24F3N3O2/c18-17(19,20)15-4-3-14(9-21-15)10-23-7-8-25-13-16(24,12-23)11-22-5-1-2-6-22/h3-4,9,24H,1-2,5-8,10-13H2/t16-/m0/s1. The molecule has 0 bridgehead atoms. The number of hydrogen-bond donors (Lipinski definition) is 1. The summed E-state index contributed by atoms with van der Waals surface area (Å²) < 4.78 is 43.4. The average Bonchev–Trinajstić information content (AvgIpc) is 2.96. The van der Waals surface area contributed by atoms with Crippen molar-refractivity contribution in [3.63, 3.8) is 0 Å². The van der Waals surface area contributed by atoms with Gasteiger partial charge in [-0.25, -0.2) is 0 Å². The second-order valence-electron chi connectivity index (χ2n) is 7.02. The van der Waals surface area contributed by atoms with E-state index in [-0.39, 0.29) is 6.61 Å². The number of aliphatic hydroxyl groups is 1. The van der Waals surface area contributed by atoms with Crippen LogP contribution in [-0.2, 0) is 17.5 Å². The van der Waals surface area contributed by atoms with Crippen molar-refractivity contribution in [1.82, 2.24) is 14.8 Å². The maximum atomic E-state index is 12.6. The van der Waals surface area contributed by atoms with Crippen LogP contribution < -0.4 is 0 Å². The lowest BCUT2D eigenvalue weighted by Gasteiger charge is -2.34. The molecule has 1 N–H and O–H groups in total. The number of hydrogen-bond acceptors (Lipinski definition) is 5. The van der Waals surface area contributed by atoms with E-state index >= 15 is 0 Å². The van der Waals surface area contributed by atoms with E-state index in [1.54, 1.807) is 0 Å². The van der Waals surface area contributed by atoms with Crippen LogP contribution in [0.4, 0.5) is 13.2 Å². The molecule has 2 aliphatic rings. The van der Waals surface area contributed by atoms with E-state index in [0.717, 1.165) is 32.0 Å². The van der Waals surface area contributed by atoms with Gasteiger partial charge in [-0.15, -0.1) is 0 Å². The number of pyridine rings is 1. The van der Waals surface area contributed by atoms with Crippen molar-refractivity contribution in [2.24, 2.45) is 0 Å². The van der Waals surface area contributed by atoms with Gasteiger partial charge in [0.05, 0.1) is 13.2 Å². The molecule has 0 aromatic carbocycles. The molecule has 1 atom stereocenters. The normalized spacial score (nSPS) is 26.7. The van der Waals surface area contributed by atoms with Crippen LogP contribution in [0.15, 0.2) is 18.3 Å². The predicted octanol–water partition coefficient (Wildman–Crippen LogP) is 1.76. The first-order chi connectivity index (χ1) is 11.8. The molecule has 0 amide bonds. The molecule has 140 valence electrons. The molecule has 8 heteroatoms. The molecule has 1 aromatic heterocycles. The fourth-order valence-electron chi connectivity index (χ4n) is 3.53. The SMILES string of the molecule is O[C@]1(CN2CCCC2)COCCN(Cc2ccc(C(F)(F)F)nc2)C1. The van der Waals surface area contributed by atoms with Crippen molar-refractivity contribution in [1.29, 1.82) is 0 Å². The quantitative estimate of drug-likeness (QED) is 0.888. The molecule has 1 aromatic rings. The first-order valence-electron chi connectivity index (χ1n) is 8.61. The molecule has 0 radical (unpaired) electrons. The lowest BCUT2D eigenvalue weighted by Crippen LogP contribution is -2.51. The smallest absolute Gasteiger partial charge is 0.385 e. The Morgan fingerprint density at radius 2 is 1.92 bits per heavy atom. The summed E-state index contributed by atoms with van der Waals surface area (Å²) in [5.74, 6) is 0. The van der Waals surface area contributed by atoms with Gasteiger partial charge in [0.25, 0.3) is 0 Å². The Bertz CT molecular complexity index is 561. The number of halogens is 3. The first-order valence-corrected chi connectivity index (χ1v) is 8.61. The minimum Gasteiger partial charge on any atom is -0.385 e. The van der Waals surface area contributed by atoms with Crippen molar-refractivity contribution in [3.05, 3.63) is 29.6 Å². The van der Waals surface area contributed by atoms with Gasteiger partial charge in [0.1, 0.15) is 11.3 Å². The predicted molar refractivity (Wildman–Crippen MR) is 86.0 cm³/mol. The van der Waals surface area contributed by atoms with Crippen LogP contribution in [0.2, 0.25) is 0 Å². The molecule has 3 rings (SSSR count). The molecule has 0 aliphatic carbocycles. The average molecular weight is 359 g/mol. The number of alkyl halides is 3. The Balaban J connectivity index is 1.62. The molecule has 0 spiro atoms. The molecule has 25 heavy (non-hydrogen) atoms. The highest BCUT2D eigenvalue weighted by Crippen LogP contribution is 2.27. The van der Waals surface area contributed by atoms with Crippen LogP contribution in [0, 0.1) is 0 Å². The van der Waals surface area contributed by atoms with Crippen molar-refractivity contribution in [3.8, 4) is 0 Å². The highest BCUT2D eigenvalue weighted by Gasteiger charge is 2.35. The van der Waals surface area contributed by atoms with E-state index in [0.29, 0.717) is 38.3 Å². The Morgan fingerprint density at radius 1 is 1.16 bits per heavy atom. The van der Waals surface area contributed by atoms with Gasteiger partial charge < -0.3 is 14.7 Å². The van der Waals surface area contributed by atoms with Gasteiger partial charge in [0.2, 0.25) is 0 Å². The third-order valence-electron chi connectivity index (χ3n) is 4.68. The second-order valence-corrected chi connectivity index (χ2v) is 7.02. The summed E-state index contributed by atoms with van der Waals surface area (Å²) in [6, 6.07) is 2.45. The number of likely N-dealkylation sites (tertiary alicyclic amines) is 1. The number of β-amino-alcohol motifs (C(OH)–C–C–N with tert-alkyl or cyclic N) is 1. The van der Waals surface area contributed by atoms with Crippen LogP contribution in [0.1, 0.15) is 24.1 Å². The topological polar surface area (TPSA) is 48.8 Å². The van der Waals surface area contributed by atoms with Crippen molar-refractivity contribution >= 4 is 0 Å². The summed E-state index contributed by atoms with van der Waals surface area (Å²) >= 11 is 0. The number of aromatic nitrogens is 1. The van der Waals surface area contributed by atoms with E-state index < -0.39 is 17.5 Å². The van der Waals surface area contributed by atoms with Crippen molar-refractivity contribution < 1.29 is 23.0 Å². The Hall–Kier alpha value is -1.22. The Morgan fingerprint density at radius 3 is 2.56 bits per heavy atom. The summed E-state index contributed by atoms with van der Waals surface area (Å²) in [6.45, 7) is 4.83. The monoisotopic (exact) mass is 359 g/mol. The molecule has 0 saturated carbocycles. The fraction of sp³-hybridized carbons (Fsp3) is 0.706. The van der Waals surface area contributed by atoms with Gasteiger partial charge in [-0.1, -0.05) is 6.07 Å². The maximum absolute atomic E-state index is 12.6. The molecule has 2 aliphatic heterocycles. The lowest BCUT2D eigenvalue weighted by atomic mass is 10.0. The summed E-state index contributed by atoms with van der Waals surface area (Å²) in [5, 5.41) is 10.9. The fourth-order valence-corrected chi connectivity index (χ4v) is 3.53. The van der Waals surface area contributed by atoms with Crippen LogP contribution in [-0.4, -0.2) is 71.4 Å². The molecule has 5 nitrogen and oxygen atoms in total. The summed E-state index contributed by atoms with van der Waals surface area (Å²) in [4.78, 5) is 7.77. The molecule has 2 saturated heterocycles. The second kappa shape index (κ2) is 7.57. The molecular formula is C17H24F3N3O2. The molecule has 0 unspecified atom stereocenters. The third-order valence-corrected chi connectivity index (χ3v) is 4.68. The van der Waals surface area contributed by atoms with Crippen molar-refractivity contribution in [2.45, 2.75) is 31.2 Å². The zero-order chi connectivity index (χ0) is 17.9. The van der Waals surface area contributed by atoms with Crippen LogP contribution in [0.25, 0.3) is 0 Å². The third kappa shape index (κ3) is 5.13. The van der Waals surface area contributed by atoms with Gasteiger partial charge >= 0.3 is 6.18 Å². The zero-order valence-electron chi connectivity index (χ0n) is 14.1. The van der Waals surface area contributed by atoms with Gasteiger partial charge in [-0.05, 0) is 37.6 Å². The summed E-state index contributed by atoms with van der Waals surface area (Å²) in [7, 11) is 0. The zero-order valence-corrected chi connectivity index (χ0v) is 14.1. The first kappa shape index (κ1) is 18.6. The van der Waals surface area contributed by atoms with Gasteiger partial charge in [0, 0.05) is 32.4 Å². The Kier molecular flexibility index (Phi) is 5.62. The number of rotatable bonds is 4. The van der Waals surface area contributed by atoms with Crippen molar-refractivity contribution in [2.75, 3.05) is 45.9 Å². The lowest BCUT2D eigenvalue weighted by molar-refractivity contribution is -0.141. The van der Waals surface area contributed by atoms with Gasteiger partial charge in [0.15, 0.2) is 0 Å². The van der Waals surface area contributed by atoms with E-state index in [1.165, 1.54) is 12.3 Å². The molecule has 2 fully saturated rings. The maximum Gasteiger partial charge on any atom is 0.433 e. The number of ether oxygens (including phenoxy) is 1. The largest absolute Gasteiger partial charge is 0.433 e. The van der Waals surface area contributed by atoms with E-state index in [2.05, 4.69) is 9.88 Å². The summed E-state index contributed by atoms with van der Waals surface area (Å²) in [6.07, 6.45) is -0.866. The number of nitrogens with zero attached hydrogens (tertiary/aromatic N) is 3. The molecular weight excluding hydrogens is 335 g/mol.